The summed E-state index contributed by atoms with van der Waals surface area (Å²) in [5.41, 5.74) is 1.70. The van der Waals surface area contributed by atoms with E-state index < -0.39 is 0 Å². The maximum atomic E-state index is 11.2. The molecule has 0 fully saturated rings. The van der Waals surface area contributed by atoms with Crippen LogP contribution in [-0.4, -0.2) is 26.2 Å². The highest BCUT2D eigenvalue weighted by Crippen LogP contribution is 2.08. The molecule has 0 saturated heterocycles. The Balaban J connectivity index is 2.35. The van der Waals surface area contributed by atoms with E-state index in [9.17, 15) is 9.59 Å². The fraction of sp³-hybridized carbons (Fsp3) is 0.385. The summed E-state index contributed by atoms with van der Waals surface area (Å²) in [6.07, 6.45) is 2.64. The van der Waals surface area contributed by atoms with E-state index >= 15 is 0 Å². The second-order valence-corrected chi connectivity index (χ2v) is 3.58. The quantitative estimate of drug-likeness (QED) is 0.535. The summed E-state index contributed by atoms with van der Waals surface area (Å²) >= 11 is 0. The molecule has 0 saturated carbocycles. The number of carbonyl (C=O) groups excluding carboxylic acids is 2. The predicted octanol–water partition coefficient (Wildman–Crippen LogP) is 1.88. The summed E-state index contributed by atoms with van der Waals surface area (Å²) in [7, 11) is 1.36. The Morgan fingerprint density at radius 2 is 1.94 bits per heavy atom. The van der Waals surface area contributed by atoms with Crippen molar-refractivity contribution in [2.75, 3.05) is 13.7 Å². The first-order valence-electron chi connectivity index (χ1n) is 5.44. The Morgan fingerprint density at radius 3 is 2.53 bits per heavy atom. The molecule has 0 aliphatic heterocycles. The van der Waals surface area contributed by atoms with Gasteiger partial charge in [0.2, 0.25) is 0 Å². The summed E-state index contributed by atoms with van der Waals surface area (Å²) in [5, 5.41) is 0. The van der Waals surface area contributed by atoms with Gasteiger partial charge in [-0.1, -0.05) is 12.1 Å². The van der Waals surface area contributed by atoms with Crippen LogP contribution in [0.15, 0.2) is 24.3 Å². The lowest BCUT2D eigenvalue weighted by atomic mass is 10.1. The van der Waals surface area contributed by atoms with E-state index in [1.54, 1.807) is 12.1 Å². The van der Waals surface area contributed by atoms with Gasteiger partial charge in [0, 0.05) is 0 Å². The third-order valence-electron chi connectivity index (χ3n) is 2.40. The molecule has 0 spiro atoms. The zero-order valence-corrected chi connectivity index (χ0v) is 9.77. The van der Waals surface area contributed by atoms with Crippen LogP contribution in [0.3, 0.4) is 0 Å². The Kier molecular flexibility index (Phi) is 5.79. The van der Waals surface area contributed by atoms with Crippen LogP contribution in [0, 0.1) is 0 Å². The van der Waals surface area contributed by atoms with E-state index in [-0.39, 0.29) is 5.97 Å². The van der Waals surface area contributed by atoms with Crippen LogP contribution in [0.1, 0.15) is 28.8 Å². The largest absolute Gasteiger partial charge is 0.465 e. The molecule has 0 aromatic heterocycles. The van der Waals surface area contributed by atoms with Crippen LogP contribution < -0.4 is 0 Å². The highest BCUT2D eigenvalue weighted by Gasteiger charge is 2.03. The average molecular weight is 235 g/mol. The van der Waals surface area contributed by atoms with Crippen molar-refractivity contribution in [3.63, 3.8) is 0 Å². The predicted molar refractivity (Wildman–Crippen MR) is 62.4 cm³/mol. The smallest absolute Gasteiger partial charge is 0.417 e. The van der Waals surface area contributed by atoms with Gasteiger partial charge in [0.1, 0.15) is 0 Å². The van der Waals surface area contributed by atoms with Gasteiger partial charge in [-0.25, -0.2) is 9.59 Å². The monoisotopic (exact) mass is 235 g/mol. The molecule has 0 unspecified atom stereocenters. The first kappa shape index (κ1) is 13.2. The molecule has 91 valence electrons. The molecule has 0 bridgehead atoms. The van der Waals surface area contributed by atoms with Crippen molar-refractivity contribution in [3.05, 3.63) is 35.4 Å². The number of esters is 1. The molecule has 17 heavy (non-hydrogen) atoms. The number of carbonyl (C=O) groups is 1. The van der Waals surface area contributed by atoms with E-state index in [1.165, 1.54) is 13.6 Å². The lowest BCUT2D eigenvalue weighted by Crippen LogP contribution is -2.01. The van der Waals surface area contributed by atoms with Crippen molar-refractivity contribution in [2.45, 2.75) is 19.3 Å². The van der Waals surface area contributed by atoms with Crippen molar-refractivity contribution in [1.82, 2.24) is 0 Å². The van der Waals surface area contributed by atoms with Gasteiger partial charge in [-0.05, 0) is 37.0 Å². The Morgan fingerprint density at radius 1 is 1.24 bits per heavy atom. The summed E-state index contributed by atoms with van der Waals surface area (Å²) < 4.78 is 9.08. The van der Waals surface area contributed by atoms with Gasteiger partial charge < -0.3 is 9.47 Å². The molecule has 0 aliphatic carbocycles. The van der Waals surface area contributed by atoms with Crippen LogP contribution in [0.25, 0.3) is 0 Å². The highest BCUT2D eigenvalue weighted by molar-refractivity contribution is 5.89. The van der Waals surface area contributed by atoms with Gasteiger partial charge in [0.05, 0.1) is 19.3 Å². The van der Waals surface area contributed by atoms with Crippen molar-refractivity contribution in [1.29, 1.82) is 0 Å². The fourth-order valence-electron chi connectivity index (χ4n) is 1.47. The number of ether oxygens (including phenoxy) is 2. The summed E-state index contributed by atoms with van der Waals surface area (Å²) in [4.78, 5) is 21.0. The molecule has 4 heteroatoms. The maximum Gasteiger partial charge on any atom is 0.417 e. The zero-order chi connectivity index (χ0) is 12.5. The first-order valence-corrected chi connectivity index (χ1v) is 5.44. The van der Waals surface area contributed by atoms with Gasteiger partial charge in [0.15, 0.2) is 0 Å². The van der Waals surface area contributed by atoms with Crippen molar-refractivity contribution >= 4 is 12.4 Å². The van der Waals surface area contributed by atoms with Crippen LogP contribution in [0.2, 0.25) is 0 Å². The number of unbranched alkanes of at least 4 members (excludes halogenated alkanes) is 1. The number of rotatable bonds is 7. The molecule has 0 heterocycles. The average Bonchev–Trinajstić information content (AvgIpc) is 2.38. The number of hydrogen-bond donors (Lipinski definition) is 0. The normalized spacial score (nSPS) is 9.71. The topological polar surface area (TPSA) is 52.6 Å². The van der Waals surface area contributed by atoms with Crippen molar-refractivity contribution in [3.8, 4) is 0 Å². The first-order chi connectivity index (χ1) is 8.27. The van der Waals surface area contributed by atoms with Crippen LogP contribution >= 0.6 is 0 Å². The fourth-order valence-corrected chi connectivity index (χ4v) is 1.47. The van der Waals surface area contributed by atoms with E-state index in [0.717, 1.165) is 24.8 Å². The van der Waals surface area contributed by atoms with Crippen molar-refractivity contribution < 1.29 is 19.1 Å². The number of benzene rings is 1. The summed E-state index contributed by atoms with van der Waals surface area (Å²) in [5.74, 6) is -0.327. The Bertz CT molecular complexity index is 356. The SMILES string of the molecule is COC(=O)c1ccc(CCCCO[C]=O)cc1. The second-order valence-electron chi connectivity index (χ2n) is 3.58. The molecular weight excluding hydrogens is 220 g/mol. The number of methoxy groups -OCH3 is 1. The summed E-state index contributed by atoms with van der Waals surface area (Å²) in [6.45, 7) is 1.80. The molecular formula is C13H15O4. The summed E-state index contributed by atoms with van der Waals surface area (Å²) in [6, 6.07) is 7.30. The minimum atomic E-state index is -0.327. The van der Waals surface area contributed by atoms with Gasteiger partial charge in [0.25, 0.3) is 0 Å². The lowest BCUT2D eigenvalue weighted by molar-refractivity contribution is 0.0600. The van der Waals surface area contributed by atoms with Gasteiger partial charge in [-0.3, -0.25) is 0 Å². The molecule has 1 aromatic carbocycles. The Hall–Kier alpha value is -1.84. The van der Waals surface area contributed by atoms with Gasteiger partial charge in [-0.15, -0.1) is 0 Å². The van der Waals surface area contributed by atoms with Gasteiger partial charge >= 0.3 is 12.4 Å². The van der Waals surface area contributed by atoms with Crippen LogP contribution in [0.4, 0.5) is 0 Å². The molecule has 0 amide bonds. The number of hydrogen-bond acceptors (Lipinski definition) is 4. The van der Waals surface area contributed by atoms with E-state index in [4.69, 9.17) is 0 Å². The maximum absolute atomic E-state index is 11.2. The van der Waals surface area contributed by atoms with Crippen LogP contribution in [-0.2, 0) is 20.7 Å². The second kappa shape index (κ2) is 7.44. The molecule has 4 nitrogen and oxygen atoms in total. The molecule has 0 atom stereocenters. The standard InChI is InChI=1S/C13H15O4/c1-16-13(15)12-7-5-11(6-8-12)4-2-3-9-17-10-14/h5-8H,2-4,9H2,1H3. The Labute approximate surface area is 101 Å². The van der Waals surface area contributed by atoms with E-state index in [1.807, 2.05) is 12.1 Å². The molecule has 0 N–H and O–H groups in total. The minimum absolute atomic E-state index is 0.327. The van der Waals surface area contributed by atoms with E-state index in [2.05, 4.69) is 9.47 Å². The minimum Gasteiger partial charge on any atom is -0.465 e. The molecule has 1 rings (SSSR count). The van der Waals surface area contributed by atoms with E-state index in [0.29, 0.717) is 12.2 Å². The highest BCUT2D eigenvalue weighted by atomic mass is 16.5. The molecule has 0 aliphatic rings. The lowest BCUT2D eigenvalue weighted by Gasteiger charge is -2.03. The molecule has 1 radical (unpaired) electrons. The van der Waals surface area contributed by atoms with Crippen molar-refractivity contribution in [2.24, 2.45) is 0 Å². The third-order valence-corrected chi connectivity index (χ3v) is 2.40. The zero-order valence-electron chi connectivity index (χ0n) is 9.77. The third kappa shape index (κ3) is 4.68. The number of aryl methyl sites for hydroxylation is 1. The van der Waals surface area contributed by atoms with Crippen LogP contribution in [0.5, 0.6) is 0 Å². The molecule has 1 aromatic rings. The van der Waals surface area contributed by atoms with Gasteiger partial charge in [-0.2, -0.15) is 0 Å².